The lowest BCUT2D eigenvalue weighted by Crippen LogP contribution is -2.31. The number of carbonyl (C=O) groups is 2. The highest BCUT2D eigenvalue weighted by atomic mass is 32.2. The molecule has 0 bridgehead atoms. The highest BCUT2D eigenvalue weighted by Crippen LogP contribution is 2.16. The summed E-state index contributed by atoms with van der Waals surface area (Å²) in [6.45, 7) is -0.305. The van der Waals surface area contributed by atoms with Gasteiger partial charge in [0.1, 0.15) is 6.54 Å². The second-order valence-electron chi connectivity index (χ2n) is 2.65. The van der Waals surface area contributed by atoms with Crippen LogP contribution in [0.2, 0.25) is 0 Å². The summed E-state index contributed by atoms with van der Waals surface area (Å²) < 4.78 is 0. The van der Waals surface area contributed by atoms with E-state index in [9.17, 15) is 9.59 Å². The molecule has 13 heavy (non-hydrogen) atoms. The molecule has 1 heterocycles. The molecule has 1 rings (SSSR count). The molecule has 1 amide bonds. The normalized spacial score (nSPS) is 16.2. The van der Waals surface area contributed by atoms with Gasteiger partial charge in [-0.15, -0.1) is 0 Å². The van der Waals surface area contributed by atoms with Crippen LogP contribution in [0.1, 0.15) is 6.42 Å². The first-order chi connectivity index (χ1) is 6.20. The minimum atomic E-state index is -1.02. The summed E-state index contributed by atoms with van der Waals surface area (Å²) in [5.74, 6) is 0.452. The van der Waals surface area contributed by atoms with E-state index in [0.29, 0.717) is 11.3 Å². The fraction of sp³-hybridized carbons (Fsp3) is 0.500. The highest BCUT2D eigenvalue weighted by Gasteiger charge is 2.12. The molecule has 0 unspecified atom stereocenters. The van der Waals surface area contributed by atoms with E-state index < -0.39 is 5.97 Å². The van der Waals surface area contributed by atoms with Gasteiger partial charge in [0.15, 0.2) is 0 Å². The van der Waals surface area contributed by atoms with E-state index in [4.69, 9.17) is 5.11 Å². The van der Waals surface area contributed by atoms with Crippen molar-refractivity contribution in [2.24, 2.45) is 0 Å². The third kappa shape index (κ3) is 3.50. The number of hydrogen-bond donors (Lipinski definition) is 2. The SMILES string of the molecule is O=C(O)CNC(=O)C1=CCCSC1. The molecule has 0 aromatic carbocycles. The zero-order chi connectivity index (χ0) is 9.68. The maximum atomic E-state index is 11.2. The Bertz CT molecular complexity index is 250. The molecule has 72 valence electrons. The molecule has 0 aromatic rings. The Hall–Kier alpha value is -0.970. The second kappa shape index (κ2) is 4.91. The summed E-state index contributed by atoms with van der Waals surface area (Å²) in [6, 6.07) is 0. The van der Waals surface area contributed by atoms with Gasteiger partial charge in [0.05, 0.1) is 0 Å². The lowest BCUT2D eigenvalue weighted by Gasteiger charge is -2.11. The molecule has 1 aliphatic rings. The Labute approximate surface area is 80.4 Å². The van der Waals surface area contributed by atoms with Crippen molar-refractivity contribution in [1.82, 2.24) is 5.32 Å². The summed E-state index contributed by atoms with van der Waals surface area (Å²) >= 11 is 1.69. The zero-order valence-electron chi connectivity index (χ0n) is 7.08. The first kappa shape index (κ1) is 10.1. The van der Waals surface area contributed by atoms with Crippen LogP contribution in [0.15, 0.2) is 11.6 Å². The van der Waals surface area contributed by atoms with Gasteiger partial charge in [-0.05, 0) is 12.2 Å². The minimum absolute atomic E-state index is 0.255. The summed E-state index contributed by atoms with van der Waals surface area (Å²) in [7, 11) is 0. The molecule has 0 spiro atoms. The Morgan fingerprint density at radius 1 is 1.62 bits per heavy atom. The smallest absolute Gasteiger partial charge is 0.322 e. The largest absolute Gasteiger partial charge is 0.480 e. The number of carboxylic acids is 1. The lowest BCUT2D eigenvalue weighted by atomic mass is 10.2. The number of rotatable bonds is 3. The molecule has 4 nitrogen and oxygen atoms in total. The standard InChI is InChI=1S/C8H11NO3S/c10-7(11)4-9-8(12)6-2-1-3-13-5-6/h2H,1,3-5H2,(H,9,12)(H,10,11). The number of carboxylic acid groups (broad SMARTS) is 1. The fourth-order valence-electron chi connectivity index (χ4n) is 0.985. The van der Waals surface area contributed by atoms with Crippen LogP contribution >= 0.6 is 11.8 Å². The van der Waals surface area contributed by atoms with Crippen molar-refractivity contribution in [3.63, 3.8) is 0 Å². The second-order valence-corrected chi connectivity index (χ2v) is 3.75. The van der Waals surface area contributed by atoms with Crippen LogP contribution in [0.5, 0.6) is 0 Å². The molecule has 0 fully saturated rings. The molecule has 0 saturated heterocycles. The molecule has 1 aliphatic heterocycles. The van der Waals surface area contributed by atoms with Crippen LogP contribution in [0.4, 0.5) is 0 Å². The molecular weight excluding hydrogens is 190 g/mol. The molecule has 2 N–H and O–H groups in total. The summed E-state index contributed by atoms with van der Waals surface area (Å²) in [6.07, 6.45) is 2.76. The van der Waals surface area contributed by atoms with Crippen molar-refractivity contribution in [1.29, 1.82) is 0 Å². The van der Waals surface area contributed by atoms with Gasteiger partial charge >= 0.3 is 5.97 Å². The Morgan fingerprint density at radius 3 is 2.92 bits per heavy atom. The zero-order valence-corrected chi connectivity index (χ0v) is 7.89. The van der Waals surface area contributed by atoms with Crippen LogP contribution in [-0.2, 0) is 9.59 Å². The number of hydrogen-bond acceptors (Lipinski definition) is 3. The van der Waals surface area contributed by atoms with E-state index in [1.54, 1.807) is 11.8 Å². The van der Waals surface area contributed by atoms with Gasteiger partial charge in [0, 0.05) is 11.3 Å². The predicted octanol–water partition coefficient (Wildman–Crippen LogP) is 0.250. The van der Waals surface area contributed by atoms with Gasteiger partial charge in [-0.25, -0.2) is 0 Å². The van der Waals surface area contributed by atoms with Gasteiger partial charge in [-0.1, -0.05) is 6.08 Å². The van der Waals surface area contributed by atoms with Gasteiger partial charge < -0.3 is 10.4 Å². The fourth-order valence-corrected chi connectivity index (χ4v) is 1.88. The Kier molecular flexibility index (Phi) is 3.82. The van der Waals surface area contributed by atoms with Crippen LogP contribution in [0, 0.1) is 0 Å². The molecule has 5 heteroatoms. The molecule has 0 atom stereocenters. The molecule has 0 aromatic heterocycles. The van der Waals surface area contributed by atoms with Crippen molar-refractivity contribution in [2.45, 2.75) is 6.42 Å². The molecule has 0 aliphatic carbocycles. The van der Waals surface area contributed by atoms with Gasteiger partial charge in [-0.3, -0.25) is 9.59 Å². The van der Waals surface area contributed by atoms with Crippen molar-refractivity contribution in [3.05, 3.63) is 11.6 Å². The number of thioether (sulfide) groups is 1. The maximum Gasteiger partial charge on any atom is 0.322 e. The average molecular weight is 201 g/mol. The number of amides is 1. The van der Waals surface area contributed by atoms with E-state index in [0.717, 1.165) is 12.2 Å². The number of nitrogens with one attached hydrogen (secondary N) is 1. The summed E-state index contributed by atoms with van der Waals surface area (Å²) in [5.41, 5.74) is 0.692. The molecule has 0 saturated carbocycles. The number of allylic oxidation sites excluding steroid dienone is 1. The van der Waals surface area contributed by atoms with E-state index in [1.165, 1.54) is 0 Å². The quantitative estimate of drug-likeness (QED) is 0.687. The summed E-state index contributed by atoms with van der Waals surface area (Å²) in [5, 5.41) is 10.7. The number of aliphatic carboxylic acids is 1. The summed E-state index contributed by atoms with van der Waals surface area (Å²) in [4.78, 5) is 21.4. The third-order valence-electron chi connectivity index (χ3n) is 1.60. The average Bonchev–Trinajstić information content (AvgIpc) is 2.15. The van der Waals surface area contributed by atoms with E-state index >= 15 is 0 Å². The van der Waals surface area contributed by atoms with E-state index in [1.807, 2.05) is 6.08 Å². The van der Waals surface area contributed by atoms with Gasteiger partial charge in [0.2, 0.25) is 5.91 Å². The highest BCUT2D eigenvalue weighted by molar-refractivity contribution is 7.99. The minimum Gasteiger partial charge on any atom is -0.480 e. The maximum absolute atomic E-state index is 11.2. The first-order valence-electron chi connectivity index (χ1n) is 3.97. The van der Waals surface area contributed by atoms with Crippen molar-refractivity contribution < 1.29 is 14.7 Å². The third-order valence-corrected chi connectivity index (χ3v) is 2.64. The van der Waals surface area contributed by atoms with E-state index in [-0.39, 0.29) is 12.5 Å². The van der Waals surface area contributed by atoms with Crippen molar-refractivity contribution >= 4 is 23.6 Å². The molecule has 0 radical (unpaired) electrons. The van der Waals surface area contributed by atoms with Gasteiger partial charge in [0.25, 0.3) is 0 Å². The van der Waals surface area contributed by atoms with Crippen molar-refractivity contribution in [2.75, 3.05) is 18.1 Å². The Balaban J connectivity index is 2.38. The van der Waals surface area contributed by atoms with Crippen molar-refractivity contribution in [3.8, 4) is 0 Å². The van der Waals surface area contributed by atoms with Crippen LogP contribution in [0.3, 0.4) is 0 Å². The van der Waals surface area contributed by atoms with Crippen LogP contribution in [-0.4, -0.2) is 35.0 Å². The molecular formula is C8H11NO3S. The first-order valence-corrected chi connectivity index (χ1v) is 5.12. The van der Waals surface area contributed by atoms with Crippen LogP contribution in [0.25, 0.3) is 0 Å². The van der Waals surface area contributed by atoms with E-state index in [2.05, 4.69) is 5.32 Å². The number of carbonyl (C=O) groups excluding carboxylic acids is 1. The van der Waals surface area contributed by atoms with Crippen LogP contribution < -0.4 is 5.32 Å². The topological polar surface area (TPSA) is 66.4 Å². The predicted molar refractivity (Wildman–Crippen MR) is 50.7 cm³/mol. The lowest BCUT2D eigenvalue weighted by molar-refractivity contribution is -0.137. The van der Waals surface area contributed by atoms with Gasteiger partial charge in [-0.2, -0.15) is 11.8 Å². The Morgan fingerprint density at radius 2 is 2.38 bits per heavy atom. The monoisotopic (exact) mass is 201 g/mol.